The summed E-state index contributed by atoms with van der Waals surface area (Å²) < 4.78 is 0.662. The Bertz CT molecular complexity index is 753. The van der Waals surface area contributed by atoms with Gasteiger partial charge in [-0.1, -0.05) is 0 Å². The third kappa shape index (κ3) is 2.34. The van der Waals surface area contributed by atoms with Gasteiger partial charge in [-0.05, 0) is 46.3 Å². The molecule has 94 valence electrons. The van der Waals surface area contributed by atoms with Crippen LogP contribution in [0.5, 0.6) is 0 Å². The molecule has 0 spiro atoms. The Labute approximate surface area is 117 Å². The van der Waals surface area contributed by atoms with Gasteiger partial charge in [-0.25, -0.2) is 4.98 Å². The van der Waals surface area contributed by atoms with Crippen molar-refractivity contribution in [3.8, 4) is 0 Å². The van der Waals surface area contributed by atoms with E-state index < -0.39 is 0 Å². The summed E-state index contributed by atoms with van der Waals surface area (Å²) in [5, 5.41) is 10.6. The number of anilines is 1. The van der Waals surface area contributed by atoms with E-state index in [-0.39, 0.29) is 5.91 Å². The number of carbonyl (C=O) groups excluding carboxylic acids is 1. The molecular weight excluding hydrogens is 308 g/mol. The van der Waals surface area contributed by atoms with Crippen LogP contribution in [-0.2, 0) is 0 Å². The molecule has 3 aromatic rings. The quantitative estimate of drug-likeness (QED) is 0.763. The number of rotatable bonds is 2. The monoisotopic (exact) mass is 316 g/mol. The molecule has 2 heterocycles. The predicted octanol–water partition coefficient (Wildman–Crippen LogP) is 2.97. The number of nitrogens with zero attached hydrogens (tertiary/aromatic N) is 2. The van der Waals surface area contributed by atoms with Gasteiger partial charge in [-0.2, -0.15) is 5.10 Å². The lowest BCUT2D eigenvalue weighted by molar-refractivity contribution is 0.102. The SMILES string of the molecule is O=C(Nc1ccc2cn[nH]c2c1)c1ncccc1Br. The van der Waals surface area contributed by atoms with E-state index in [9.17, 15) is 4.79 Å². The molecule has 5 nitrogen and oxygen atoms in total. The average Bonchev–Trinajstić information content (AvgIpc) is 2.86. The Balaban J connectivity index is 1.88. The minimum atomic E-state index is -0.258. The van der Waals surface area contributed by atoms with Crippen molar-refractivity contribution in [1.82, 2.24) is 15.2 Å². The van der Waals surface area contributed by atoms with Gasteiger partial charge in [0.15, 0.2) is 0 Å². The Kier molecular flexibility index (Phi) is 3.00. The first kappa shape index (κ1) is 11.9. The van der Waals surface area contributed by atoms with Crippen LogP contribution < -0.4 is 5.32 Å². The van der Waals surface area contributed by atoms with Gasteiger partial charge in [-0.3, -0.25) is 9.89 Å². The summed E-state index contributed by atoms with van der Waals surface area (Å²) in [5.74, 6) is -0.258. The topological polar surface area (TPSA) is 70.7 Å². The van der Waals surface area contributed by atoms with Crippen molar-refractivity contribution in [2.75, 3.05) is 5.32 Å². The van der Waals surface area contributed by atoms with E-state index in [2.05, 4.69) is 36.4 Å². The van der Waals surface area contributed by atoms with Crippen LogP contribution in [0.4, 0.5) is 5.69 Å². The van der Waals surface area contributed by atoms with Gasteiger partial charge in [0.1, 0.15) is 5.69 Å². The highest BCUT2D eigenvalue weighted by Gasteiger charge is 2.11. The van der Waals surface area contributed by atoms with Crippen LogP contribution in [0.1, 0.15) is 10.5 Å². The maximum absolute atomic E-state index is 12.1. The molecular formula is C13H9BrN4O. The molecule has 0 aliphatic heterocycles. The Morgan fingerprint density at radius 1 is 1.32 bits per heavy atom. The number of aromatic amines is 1. The first-order valence-corrected chi connectivity index (χ1v) is 6.38. The van der Waals surface area contributed by atoms with Gasteiger partial charge in [-0.15, -0.1) is 0 Å². The maximum Gasteiger partial charge on any atom is 0.275 e. The Hall–Kier alpha value is -2.21. The number of H-pyrrole nitrogens is 1. The second-order valence-electron chi connectivity index (χ2n) is 3.96. The molecule has 0 bridgehead atoms. The summed E-state index contributed by atoms with van der Waals surface area (Å²) in [6, 6.07) is 9.09. The van der Waals surface area contributed by atoms with Crippen molar-refractivity contribution in [3.63, 3.8) is 0 Å². The molecule has 0 saturated heterocycles. The van der Waals surface area contributed by atoms with Crippen LogP contribution in [0, 0.1) is 0 Å². The largest absolute Gasteiger partial charge is 0.321 e. The summed E-state index contributed by atoms with van der Waals surface area (Å²) in [5.41, 5.74) is 1.92. The maximum atomic E-state index is 12.1. The van der Waals surface area contributed by atoms with Crippen LogP contribution in [0.25, 0.3) is 10.9 Å². The molecule has 0 aliphatic rings. The van der Waals surface area contributed by atoms with Crippen molar-refractivity contribution >= 4 is 38.4 Å². The van der Waals surface area contributed by atoms with Crippen LogP contribution >= 0.6 is 15.9 Å². The molecule has 0 atom stereocenters. The van der Waals surface area contributed by atoms with E-state index in [1.165, 1.54) is 0 Å². The molecule has 1 aromatic carbocycles. The highest BCUT2D eigenvalue weighted by atomic mass is 79.9. The fourth-order valence-electron chi connectivity index (χ4n) is 1.76. The van der Waals surface area contributed by atoms with Crippen molar-refractivity contribution in [2.45, 2.75) is 0 Å². The molecule has 0 fully saturated rings. The smallest absolute Gasteiger partial charge is 0.275 e. The Morgan fingerprint density at radius 3 is 3.05 bits per heavy atom. The van der Waals surface area contributed by atoms with Crippen molar-refractivity contribution < 1.29 is 4.79 Å². The number of hydrogen-bond acceptors (Lipinski definition) is 3. The second-order valence-corrected chi connectivity index (χ2v) is 4.81. The van der Waals surface area contributed by atoms with E-state index in [0.717, 1.165) is 10.9 Å². The van der Waals surface area contributed by atoms with Crippen LogP contribution in [0.2, 0.25) is 0 Å². The number of nitrogens with one attached hydrogen (secondary N) is 2. The van der Waals surface area contributed by atoms with E-state index in [1.807, 2.05) is 18.2 Å². The molecule has 0 unspecified atom stereocenters. The van der Waals surface area contributed by atoms with Crippen molar-refractivity contribution in [1.29, 1.82) is 0 Å². The second kappa shape index (κ2) is 4.81. The van der Waals surface area contributed by atoms with E-state index in [0.29, 0.717) is 15.9 Å². The van der Waals surface area contributed by atoms with Crippen molar-refractivity contribution in [2.24, 2.45) is 0 Å². The molecule has 2 N–H and O–H groups in total. The Morgan fingerprint density at radius 2 is 2.21 bits per heavy atom. The first-order chi connectivity index (χ1) is 9.24. The standard InChI is InChI=1S/C13H9BrN4O/c14-10-2-1-5-15-12(10)13(19)17-9-4-3-8-7-16-18-11(8)6-9/h1-7H,(H,16,18)(H,17,19). The summed E-state index contributed by atoms with van der Waals surface area (Å²) >= 11 is 3.30. The first-order valence-electron chi connectivity index (χ1n) is 5.59. The zero-order chi connectivity index (χ0) is 13.2. The summed E-state index contributed by atoms with van der Waals surface area (Å²) in [4.78, 5) is 16.1. The fourth-order valence-corrected chi connectivity index (χ4v) is 2.19. The molecule has 0 aliphatic carbocycles. The van der Waals surface area contributed by atoms with Gasteiger partial charge in [0.25, 0.3) is 5.91 Å². The zero-order valence-corrected chi connectivity index (χ0v) is 11.3. The molecule has 2 aromatic heterocycles. The fraction of sp³-hybridized carbons (Fsp3) is 0. The van der Waals surface area contributed by atoms with E-state index in [1.54, 1.807) is 24.5 Å². The minimum Gasteiger partial charge on any atom is -0.321 e. The van der Waals surface area contributed by atoms with Crippen LogP contribution in [-0.4, -0.2) is 21.1 Å². The third-order valence-electron chi connectivity index (χ3n) is 2.67. The van der Waals surface area contributed by atoms with E-state index >= 15 is 0 Å². The zero-order valence-electron chi connectivity index (χ0n) is 9.72. The van der Waals surface area contributed by atoms with Gasteiger partial charge < -0.3 is 5.32 Å². The minimum absolute atomic E-state index is 0.258. The number of halogens is 1. The van der Waals surface area contributed by atoms with Crippen molar-refractivity contribution in [3.05, 3.63) is 52.9 Å². The number of carbonyl (C=O) groups is 1. The van der Waals surface area contributed by atoms with Gasteiger partial charge in [0, 0.05) is 21.7 Å². The lowest BCUT2D eigenvalue weighted by atomic mass is 10.2. The molecule has 0 radical (unpaired) electrons. The number of amides is 1. The number of fused-ring (bicyclic) bond motifs is 1. The van der Waals surface area contributed by atoms with Gasteiger partial charge >= 0.3 is 0 Å². The molecule has 6 heteroatoms. The lowest BCUT2D eigenvalue weighted by Gasteiger charge is -2.05. The number of hydrogen-bond donors (Lipinski definition) is 2. The van der Waals surface area contributed by atoms with Crippen LogP contribution in [0.3, 0.4) is 0 Å². The molecule has 0 saturated carbocycles. The highest BCUT2D eigenvalue weighted by Crippen LogP contribution is 2.19. The average molecular weight is 317 g/mol. The highest BCUT2D eigenvalue weighted by molar-refractivity contribution is 9.10. The summed E-state index contributed by atoms with van der Waals surface area (Å²) in [6.07, 6.45) is 3.31. The van der Waals surface area contributed by atoms with Gasteiger partial charge in [0.2, 0.25) is 0 Å². The molecule has 1 amide bonds. The summed E-state index contributed by atoms with van der Waals surface area (Å²) in [7, 11) is 0. The predicted molar refractivity (Wildman–Crippen MR) is 76.0 cm³/mol. The van der Waals surface area contributed by atoms with E-state index in [4.69, 9.17) is 0 Å². The third-order valence-corrected chi connectivity index (χ3v) is 3.31. The lowest BCUT2D eigenvalue weighted by Crippen LogP contribution is -2.14. The van der Waals surface area contributed by atoms with Gasteiger partial charge in [0.05, 0.1) is 11.7 Å². The number of pyridine rings is 1. The summed E-state index contributed by atoms with van der Waals surface area (Å²) in [6.45, 7) is 0. The number of aromatic nitrogens is 3. The number of benzene rings is 1. The molecule has 19 heavy (non-hydrogen) atoms. The normalized spacial score (nSPS) is 10.6. The molecule has 3 rings (SSSR count). The van der Waals surface area contributed by atoms with Crippen LogP contribution in [0.15, 0.2) is 47.2 Å².